The number of urea groups is 1. The van der Waals surface area contributed by atoms with Gasteiger partial charge in [-0.2, -0.15) is 0 Å². The number of nitrogens with zero attached hydrogens (tertiary/aromatic N) is 2. The number of aromatic nitrogens is 1. The molecule has 6 nitrogen and oxygen atoms in total. The number of aromatic carboxylic acids is 1. The van der Waals surface area contributed by atoms with E-state index in [9.17, 15) is 14.7 Å². The highest BCUT2D eigenvalue weighted by molar-refractivity contribution is 7.21. The Morgan fingerprint density at radius 1 is 1.25 bits per heavy atom. The van der Waals surface area contributed by atoms with E-state index in [0.717, 1.165) is 48.1 Å². The second-order valence-corrected chi connectivity index (χ2v) is 7.42. The summed E-state index contributed by atoms with van der Waals surface area (Å²) in [4.78, 5) is 31.2. The van der Waals surface area contributed by atoms with Crippen molar-refractivity contribution in [1.29, 1.82) is 0 Å². The second kappa shape index (κ2) is 6.05. The topological polar surface area (TPSA) is 82.5 Å². The molecule has 1 aliphatic heterocycles. The van der Waals surface area contributed by atoms with Crippen molar-refractivity contribution in [3.8, 4) is 0 Å². The van der Waals surface area contributed by atoms with Crippen molar-refractivity contribution in [3.05, 3.63) is 17.1 Å². The van der Waals surface area contributed by atoms with Crippen molar-refractivity contribution in [2.45, 2.75) is 51.0 Å². The first-order valence-electron chi connectivity index (χ1n) is 8.42. The third-order valence-corrected chi connectivity index (χ3v) is 6.00. The Morgan fingerprint density at radius 2 is 1.96 bits per heavy atom. The number of pyridine rings is 1. The molecule has 0 unspecified atom stereocenters. The maximum atomic E-state index is 12.8. The van der Waals surface area contributed by atoms with Gasteiger partial charge in [0.1, 0.15) is 9.71 Å². The van der Waals surface area contributed by atoms with E-state index in [2.05, 4.69) is 10.3 Å². The first-order chi connectivity index (χ1) is 11.7. The van der Waals surface area contributed by atoms with Gasteiger partial charge < -0.3 is 10.4 Å². The van der Waals surface area contributed by atoms with Crippen LogP contribution in [-0.4, -0.2) is 28.1 Å². The predicted molar refractivity (Wildman–Crippen MR) is 94.2 cm³/mol. The molecule has 2 aromatic rings. The minimum atomic E-state index is -1.03. The maximum absolute atomic E-state index is 12.8. The highest BCUT2D eigenvalue weighted by atomic mass is 32.1. The highest BCUT2D eigenvalue weighted by Gasteiger charge is 2.35. The van der Waals surface area contributed by atoms with E-state index in [4.69, 9.17) is 0 Å². The van der Waals surface area contributed by atoms with Crippen LogP contribution in [0.15, 0.2) is 12.3 Å². The van der Waals surface area contributed by atoms with Crippen LogP contribution in [0.1, 0.15) is 54.6 Å². The van der Waals surface area contributed by atoms with Crippen LogP contribution in [0.4, 0.5) is 16.2 Å². The van der Waals surface area contributed by atoms with Crippen LogP contribution in [-0.2, 0) is 0 Å². The standard InChI is InChI=1S/C17H19N3O3S/c21-16(22)14-13-12-11(8-9-18-15(12)24-14)20(17(23)19-13)10-6-4-2-1-3-5-7-10/h8-10H,1-7H2,(H,19,23)(H,21,22). The number of carboxylic acid groups (broad SMARTS) is 1. The quantitative estimate of drug-likeness (QED) is 0.842. The van der Waals surface area contributed by atoms with Crippen LogP contribution in [0.5, 0.6) is 0 Å². The highest BCUT2D eigenvalue weighted by Crippen LogP contribution is 2.44. The third-order valence-electron chi connectivity index (χ3n) is 4.91. The Hall–Kier alpha value is -2.15. The van der Waals surface area contributed by atoms with E-state index < -0.39 is 5.97 Å². The van der Waals surface area contributed by atoms with Gasteiger partial charge in [0.05, 0.1) is 16.8 Å². The van der Waals surface area contributed by atoms with Crippen LogP contribution in [0.3, 0.4) is 0 Å². The van der Waals surface area contributed by atoms with E-state index in [-0.39, 0.29) is 17.0 Å². The Bertz CT molecular complexity index is 809. The number of hydrogen-bond donors (Lipinski definition) is 2. The first-order valence-corrected chi connectivity index (χ1v) is 9.23. The number of anilines is 2. The lowest BCUT2D eigenvalue weighted by molar-refractivity contribution is 0.0703. The van der Waals surface area contributed by atoms with Crippen LogP contribution < -0.4 is 10.2 Å². The molecule has 2 N–H and O–H groups in total. The fourth-order valence-electron chi connectivity index (χ4n) is 3.81. The summed E-state index contributed by atoms with van der Waals surface area (Å²) in [5.74, 6) is -1.03. The number of carboxylic acids is 1. The minimum absolute atomic E-state index is 0.149. The number of carbonyl (C=O) groups is 2. The largest absolute Gasteiger partial charge is 0.477 e. The molecule has 4 rings (SSSR count). The fourth-order valence-corrected chi connectivity index (χ4v) is 4.77. The number of amides is 2. The number of carbonyl (C=O) groups excluding carboxylic acids is 1. The van der Waals surface area contributed by atoms with Crippen molar-refractivity contribution in [2.75, 3.05) is 10.2 Å². The number of rotatable bonds is 2. The summed E-state index contributed by atoms with van der Waals surface area (Å²) in [6.45, 7) is 0. The summed E-state index contributed by atoms with van der Waals surface area (Å²) in [5, 5.41) is 13.0. The summed E-state index contributed by atoms with van der Waals surface area (Å²) < 4.78 is 0. The summed E-state index contributed by atoms with van der Waals surface area (Å²) in [6.07, 6.45) is 9.59. The molecule has 126 valence electrons. The van der Waals surface area contributed by atoms with Crippen molar-refractivity contribution < 1.29 is 14.7 Å². The van der Waals surface area contributed by atoms with Gasteiger partial charge in [-0.1, -0.05) is 32.1 Å². The summed E-state index contributed by atoms with van der Waals surface area (Å²) in [6, 6.07) is 1.78. The van der Waals surface area contributed by atoms with Gasteiger partial charge in [0.2, 0.25) is 0 Å². The molecule has 2 aliphatic rings. The summed E-state index contributed by atoms with van der Waals surface area (Å²) in [7, 11) is 0. The zero-order chi connectivity index (χ0) is 16.7. The van der Waals surface area contributed by atoms with Crippen molar-refractivity contribution >= 4 is 44.9 Å². The van der Waals surface area contributed by atoms with E-state index in [1.807, 2.05) is 11.0 Å². The molecule has 1 fully saturated rings. The Morgan fingerprint density at radius 3 is 2.67 bits per heavy atom. The maximum Gasteiger partial charge on any atom is 0.348 e. The molecule has 0 spiro atoms. The molecule has 24 heavy (non-hydrogen) atoms. The van der Waals surface area contributed by atoms with Crippen molar-refractivity contribution in [2.24, 2.45) is 0 Å². The fraction of sp³-hybridized carbons (Fsp3) is 0.471. The van der Waals surface area contributed by atoms with Gasteiger partial charge in [0, 0.05) is 12.2 Å². The number of thiophene rings is 1. The molecular weight excluding hydrogens is 326 g/mol. The zero-order valence-electron chi connectivity index (χ0n) is 13.2. The van der Waals surface area contributed by atoms with Gasteiger partial charge in [-0.15, -0.1) is 11.3 Å². The van der Waals surface area contributed by atoms with Gasteiger partial charge in [0.15, 0.2) is 0 Å². The van der Waals surface area contributed by atoms with Crippen LogP contribution >= 0.6 is 11.3 Å². The predicted octanol–water partition coefficient (Wildman–Crippen LogP) is 4.46. The SMILES string of the molecule is O=C(O)c1sc2nccc3c2c1NC(=O)N3C1CCCCCCC1. The lowest BCUT2D eigenvalue weighted by Gasteiger charge is -2.36. The summed E-state index contributed by atoms with van der Waals surface area (Å²) >= 11 is 1.12. The van der Waals surface area contributed by atoms with Crippen LogP contribution in [0, 0.1) is 0 Å². The molecule has 7 heteroatoms. The third kappa shape index (κ3) is 2.43. The van der Waals surface area contributed by atoms with E-state index in [0.29, 0.717) is 10.5 Å². The smallest absolute Gasteiger partial charge is 0.348 e. The molecule has 2 aromatic heterocycles. The molecule has 2 amide bonds. The summed E-state index contributed by atoms with van der Waals surface area (Å²) in [5.41, 5.74) is 1.20. The molecule has 0 saturated heterocycles. The van der Waals surface area contributed by atoms with E-state index in [1.54, 1.807) is 6.20 Å². The van der Waals surface area contributed by atoms with Gasteiger partial charge in [0.25, 0.3) is 0 Å². The average molecular weight is 345 g/mol. The minimum Gasteiger partial charge on any atom is -0.477 e. The van der Waals surface area contributed by atoms with Gasteiger partial charge >= 0.3 is 12.0 Å². The Balaban J connectivity index is 1.82. The van der Waals surface area contributed by atoms with Crippen molar-refractivity contribution in [3.63, 3.8) is 0 Å². The van der Waals surface area contributed by atoms with Gasteiger partial charge in [-0.3, -0.25) is 4.90 Å². The van der Waals surface area contributed by atoms with Crippen LogP contribution in [0.25, 0.3) is 10.2 Å². The number of nitrogens with one attached hydrogen (secondary N) is 1. The first kappa shape index (κ1) is 15.4. The van der Waals surface area contributed by atoms with Gasteiger partial charge in [-0.05, 0) is 18.9 Å². The Labute approximate surface area is 143 Å². The monoisotopic (exact) mass is 345 g/mol. The van der Waals surface area contributed by atoms with Crippen LogP contribution in [0.2, 0.25) is 0 Å². The van der Waals surface area contributed by atoms with E-state index >= 15 is 0 Å². The molecule has 0 aromatic carbocycles. The molecule has 0 bridgehead atoms. The lowest BCUT2D eigenvalue weighted by Crippen LogP contribution is -2.45. The number of hydrogen-bond acceptors (Lipinski definition) is 4. The van der Waals surface area contributed by atoms with Crippen molar-refractivity contribution in [1.82, 2.24) is 4.98 Å². The second-order valence-electron chi connectivity index (χ2n) is 6.42. The van der Waals surface area contributed by atoms with E-state index in [1.165, 1.54) is 19.3 Å². The Kier molecular flexibility index (Phi) is 3.88. The molecule has 3 heterocycles. The molecule has 0 radical (unpaired) electrons. The normalized spacial score (nSPS) is 19.0. The lowest BCUT2D eigenvalue weighted by atomic mass is 9.94. The molecular formula is C17H19N3O3S. The average Bonchev–Trinajstić information content (AvgIpc) is 2.89. The molecule has 0 atom stereocenters. The zero-order valence-corrected chi connectivity index (χ0v) is 14.1. The molecule has 1 saturated carbocycles. The molecule has 1 aliphatic carbocycles. The van der Waals surface area contributed by atoms with Gasteiger partial charge in [-0.25, -0.2) is 14.6 Å².